The molecule has 1 aromatic carbocycles. The Balaban J connectivity index is 2.52. The Labute approximate surface area is 118 Å². The molecule has 0 aliphatic heterocycles. The number of hydrogen-bond acceptors (Lipinski definition) is 5. The van der Waals surface area contributed by atoms with E-state index < -0.39 is 10.0 Å². The van der Waals surface area contributed by atoms with E-state index in [2.05, 4.69) is 10.0 Å². The number of benzene rings is 1. The van der Waals surface area contributed by atoms with Crippen molar-refractivity contribution < 1.29 is 17.9 Å². The highest BCUT2D eigenvalue weighted by molar-refractivity contribution is 7.92. The van der Waals surface area contributed by atoms with Gasteiger partial charge in [-0.1, -0.05) is 0 Å². The molecule has 7 nitrogen and oxygen atoms in total. The average Bonchev–Trinajstić information content (AvgIpc) is 2.41. The molecule has 0 fully saturated rings. The predicted molar refractivity (Wildman–Crippen MR) is 78.0 cm³/mol. The average molecular weight is 301 g/mol. The van der Waals surface area contributed by atoms with Crippen LogP contribution in [0.5, 0.6) is 0 Å². The molecule has 0 saturated heterocycles. The number of rotatable bonds is 8. The summed E-state index contributed by atoms with van der Waals surface area (Å²) in [6, 6.07) is 6.36. The first kappa shape index (κ1) is 16.4. The molecule has 112 valence electrons. The van der Waals surface area contributed by atoms with Crippen molar-refractivity contribution in [2.45, 2.75) is 6.92 Å². The lowest BCUT2D eigenvalue weighted by Gasteiger charge is -2.08. The fourth-order valence-corrected chi connectivity index (χ4v) is 1.96. The standard InChI is InChI=1S/C12H19N3O4S/c1-2-20(17,18)15-11-5-3-10(4-6-11)14-12(16)9-19-8-7-13/h3-6,15H,2,7-9,13H2,1H3,(H,14,16). The molecule has 8 heteroatoms. The number of hydrogen-bond donors (Lipinski definition) is 3. The van der Waals surface area contributed by atoms with Gasteiger partial charge in [0.2, 0.25) is 15.9 Å². The van der Waals surface area contributed by atoms with E-state index >= 15 is 0 Å². The number of carbonyl (C=O) groups excluding carboxylic acids is 1. The SMILES string of the molecule is CCS(=O)(=O)Nc1ccc(NC(=O)COCCN)cc1. The molecule has 20 heavy (non-hydrogen) atoms. The van der Waals surface area contributed by atoms with Gasteiger partial charge in [-0.3, -0.25) is 9.52 Å². The number of nitrogens with one attached hydrogen (secondary N) is 2. The van der Waals surface area contributed by atoms with E-state index in [9.17, 15) is 13.2 Å². The second-order valence-corrected chi connectivity index (χ2v) is 5.98. The van der Waals surface area contributed by atoms with Crippen LogP contribution in [0, 0.1) is 0 Å². The first-order valence-electron chi connectivity index (χ1n) is 6.15. The van der Waals surface area contributed by atoms with Crippen LogP contribution in [0.4, 0.5) is 11.4 Å². The van der Waals surface area contributed by atoms with E-state index in [4.69, 9.17) is 10.5 Å². The lowest BCUT2D eigenvalue weighted by atomic mass is 10.3. The molecule has 1 amide bonds. The largest absolute Gasteiger partial charge is 0.370 e. The van der Waals surface area contributed by atoms with Crippen LogP contribution in [-0.4, -0.2) is 39.8 Å². The van der Waals surface area contributed by atoms with Crippen LogP contribution in [0.1, 0.15) is 6.92 Å². The smallest absolute Gasteiger partial charge is 0.250 e. The molecule has 0 atom stereocenters. The van der Waals surface area contributed by atoms with Gasteiger partial charge in [-0.15, -0.1) is 0 Å². The zero-order valence-corrected chi connectivity index (χ0v) is 12.1. The molecule has 0 spiro atoms. The van der Waals surface area contributed by atoms with E-state index in [1.165, 1.54) is 0 Å². The first-order chi connectivity index (χ1) is 9.46. The molecule has 0 aromatic heterocycles. The summed E-state index contributed by atoms with van der Waals surface area (Å²) in [6.07, 6.45) is 0. The van der Waals surface area contributed by atoms with Gasteiger partial charge in [0, 0.05) is 17.9 Å². The molecule has 0 aliphatic carbocycles. The van der Waals surface area contributed by atoms with Crippen LogP contribution in [0.3, 0.4) is 0 Å². The molecule has 0 bridgehead atoms. The molecule has 0 radical (unpaired) electrons. The van der Waals surface area contributed by atoms with Crippen LogP contribution >= 0.6 is 0 Å². The molecule has 1 aromatic rings. The van der Waals surface area contributed by atoms with Gasteiger partial charge in [0.1, 0.15) is 6.61 Å². The van der Waals surface area contributed by atoms with Crippen LogP contribution < -0.4 is 15.8 Å². The Bertz CT molecular complexity index is 528. The van der Waals surface area contributed by atoms with Crippen molar-refractivity contribution in [2.75, 3.05) is 35.6 Å². The second kappa shape index (κ2) is 7.83. The summed E-state index contributed by atoms with van der Waals surface area (Å²) in [6.45, 7) is 2.17. The van der Waals surface area contributed by atoms with Crippen LogP contribution in [0.2, 0.25) is 0 Å². The minimum atomic E-state index is -3.29. The Morgan fingerprint density at radius 3 is 2.40 bits per heavy atom. The van der Waals surface area contributed by atoms with Crippen molar-refractivity contribution in [3.8, 4) is 0 Å². The quantitative estimate of drug-likeness (QED) is 0.600. The van der Waals surface area contributed by atoms with Gasteiger partial charge in [-0.05, 0) is 31.2 Å². The summed E-state index contributed by atoms with van der Waals surface area (Å²) in [5.41, 5.74) is 6.24. The van der Waals surface area contributed by atoms with E-state index in [1.54, 1.807) is 31.2 Å². The Kier molecular flexibility index (Phi) is 6.43. The summed E-state index contributed by atoms with van der Waals surface area (Å²) in [5, 5.41) is 2.62. The monoisotopic (exact) mass is 301 g/mol. The number of carbonyl (C=O) groups is 1. The molecule has 4 N–H and O–H groups in total. The van der Waals surface area contributed by atoms with Gasteiger partial charge in [-0.2, -0.15) is 0 Å². The highest BCUT2D eigenvalue weighted by atomic mass is 32.2. The van der Waals surface area contributed by atoms with Crippen molar-refractivity contribution in [1.82, 2.24) is 0 Å². The number of nitrogens with two attached hydrogens (primary N) is 1. The van der Waals surface area contributed by atoms with E-state index in [0.717, 1.165) is 0 Å². The summed E-state index contributed by atoms with van der Waals surface area (Å²) in [4.78, 5) is 11.5. The maximum atomic E-state index is 11.5. The normalized spacial score (nSPS) is 11.1. The van der Waals surface area contributed by atoms with Gasteiger partial charge >= 0.3 is 0 Å². The molecule has 0 aliphatic rings. The topological polar surface area (TPSA) is 111 Å². The molecule has 1 rings (SSSR count). The van der Waals surface area contributed by atoms with Gasteiger partial charge in [0.05, 0.1) is 12.4 Å². The maximum absolute atomic E-state index is 11.5. The van der Waals surface area contributed by atoms with Gasteiger partial charge < -0.3 is 15.8 Å². The third kappa shape index (κ3) is 6.00. The van der Waals surface area contributed by atoms with E-state index in [0.29, 0.717) is 24.5 Å². The number of sulfonamides is 1. The van der Waals surface area contributed by atoms with Crippen molar-refractivity contribution in [2.24, 2.45) is 5.73 Å². The highest BCUT2D eigenvalue weighted by Crippen LogP contribution is 2.14. The Morgan fingerprint density at radius 1 is 1.25 bits per heavy atom. The second-order valence-electron chi connectivity index (χ2n) is 3.97. The first-order valence-corrected chi connectivity index (χ1v) is 7.80. The zero-order chi connectivity index (χ0) is 15.0. The maximum Gasteiger partial charge on any atom is 0.250 e. The highest BCUT2D eigenvalue weighted by Gasteiger charge is 2.07. The lowest BCUT2D eigenvalue weighted by molar-refractivity contribution is -0.120. The van der Waals surface area contributed by atoms with Crippen molar-refractivity contribution in [3.63, 3.8) is 0 Å². The molecular formula is C12H19N3O4S. The van der Waals surface area contributed by atoms with Crippen LogP contribution in [0.15, 0.2) is 24.3 Å². The summed E-state index contributed by atoms with van der Waals surface area (Å²) in [7, 11) is -3.29. The van der Waals surface area contributed by atoms with Crippen molar-refractivity contribution >= 4 is 27.3 Å². The van der Waals surface area contributed by atoms with Crippen LogP contribution in [-0.2, 0) is 19.6 Å². The van der Waals surface area contributed by atoms with Crippen molar-refractivity contribution in [3.05, 3.63) is 24.3 Å². The molecule has 0 heterocycles. The Morgan fingerprint density at radius 2 is 1.85 bits per heavy atom. The van der Waals surface area contributed by atoms with E-state index in [1.807, 2.05) is 0 Å². The van der Waals surface area contributed by atoms with Gasteiger partial charge in [0.15, 0.2) is 0 Å². The number of ether oxygens (including phenoxy) is 1. The van der Waals surface area contributed by atoms with Crippen molar-refractivity contribution in [1.29, 1.82) is 0 Å². The number of amides is 1. The Hall–Kier alpha value is -1.64. The predicted octanol–water partition coefficient (Wildman–Crippen LogP) is 0.362. The third-order valence-electron chi connectivity index (χ3n) is 2.32. The molecule has 0 unspecified atom stereocenters. The van der Waals surface area contributed by atoms with Gasteiger partial charge in [0.25, 0.3) is 0 Å². The minimum absolute atomic E-state index is 0.00394. The molecule has 0 saturated carbocycles. The summed E-state index contributed by atoms with van der Waals surface area (Å²) < 4.78 is 30.1. The summed E-state index contributed by atoms with van der Waals surface area (Å²) in [5.74, 6) is -0.287. The zero-order valence-electron chi connectivity index (χ0n) is 11.3. The minimum Gasteiger partial charge on any atom is -0.370 e. The van der Waals surface area contributed by atoms with Crippen LogP contribution in [0.25, 0.3) is 0 Å². The lowest BCUT2D eigenvalue weighted by Crippen LogP contribution is -2.20. The number of anilines is 2. The fourth-order valence-electron chi connectivity index (χ4n) is 1.32. The van der Waals surface area contributed by atoms with E-state index in [-0.39, 0.29) is 18.3 Å². The third-order valence-corrected chi connectivity index (χ3v) is 3.62. The summed E-state index contributed by atoms with van der Waals surface area (Å²) >= 11 is 0. The molecular weight excluding hydrogens is 282 g/mol. The van der Waals surface area contributed by atoms with Gasteiger partial charge in [-0.25, -0.2) is 8.42 Å². The fraction of sp³-hybridized carbons (Fsp3) is 0.417.